The Morgan fingerprint density at radius 3 is 2.70 bits per heavy atom. The molecule has 1 aromatic carbocycles. The highest BCUT2D eigenvalue weighted by Crippen LogP contribution is 2.25. The van der Waals surface area contributed by atoms with Gasteiger partial charge < -0.3 is 19.7 Å². The molecule has 10 heteroatoms. The number of anilines is 2. The average Bonchev–Trinajstić information content (AvgIpc) is 3.43. The van der Waals surface area contributed by atoms with Crippen LogP contribution in [0.4, 0.5) is 11.8 Å². The summed E-state index contributed by atoms with van der Waals surface area (Å²) in [5.41, 5.74) is 2.77. The van der Waals surface area contributed by atoms with Crippen LogP contribution < -0.4 is 9.80 Å². The number of nitrogens with zero attached hydrogens (tertiary/aromatic N) is 8. The fourth-order valence-corrected chi connectivity index (χ4v) is 4.94. The minimum Gasteiger partial charge on any atom is -0.355 e. The van der Waals surface area contributed by atoms with Crippen molar-refractivity contribution >= 4 is 34.4 Å². The largest absolute Gasteiger partial charge is 0.355 e. The highest BCUT2D eigenvalue weighted by atomic mass is 16.2. The standard InChI is InChI=1S/C23H27N9O/c33-22(17-8-12-29(13-9-17)21-7-6-20-27-24-16-32(20)28-21)30-10-3-11-31(15-14-30)23-25-18-4-1-2-5-19(18)26-23/h1-2,4-7,16-17H,3,8-15H2,(H,25,26). The molecule has 1 N–H and O–H groups in total. The second-order valence-corrected chi connectivity index (χ2v) is 8.83. The van der Waals surface area contributed by atoms with Crippen molar-refractivity contribution in [1.29, 1.82) is 0 Å². The minimum atomic E-state index is 0.0812. The Hall–Kier alpha value is -3.69. The quantitative estimate of drug-likeness (QED) is 0.515. The third kappa shape index (κ3) is 3.85. The van der Waals surface area contributed by atoms with E-state index in [2.05, 4.69) is 35.0 Å². The molecule has 2 saturated heterocycles. The molecule has 6 rings (SSSR count). The van der Waals surface area contributed by atoms with Crippen molar-refractivity contribution in [2.24, 2.45) is 5.92 Å². The monoisotopic (exact) mass is 445 g/mol. The van der Waals surface area contributed by atoms with E-state index in [1.165, 1.54) is 0 Å². The normalized spacial score (nSPS) is 18.2. The van der Waals surface area contributed by atoms with Crippen LogP contribution >= 0.6 is 0 Å². The van der Waals surface area contributed by atoms with Crippen molar-refractivity contribution in [2.75, 3.05) is 49.1 Å². The summed E-state index contributed by atoms with van der Waals surface area (Å²) in [6.45, 7) is 4.90. The number of hydrogen-bond acceptors (Lipinski definition) is 7. The number of aromatic nitrogens is 6. The smallest absolute Gasteiger partial charge is 0.225 e. The Labute approximate surface area is 191 Å². The van der Waals surface area contributed by atoms with Gasteiger partial charge in [-0.25, -0.2) is 4.98 Å². The van der Waals surface area contributed by atoms with Crippen LogP contribution in [-0.2, 0) is 4.79 Å². The summed E-state index contributed by atoms with van der Waals surface area (Å²) in [6.07, 6.45) is 4.27. The third-order valence-electron chi connectivity index (χ3n) is 6.80. The minimum absolute atomic E-state index is 0.0812. The van der Waals surface area contributed by atoms with Crippen molar-refractivity contribution < 1.29 is 4.79 Å². The molecule has 5 heterocycles. The highest BCUT2D eigenvalue weighted by Gasteiger charge is 2.30. The van der Waals surface area contributed by atoms with Gasteiger partial charge in [-0.3, -0.25) is 4.79 Å². The second kappa shape index (κ2) is 8.34. The number of carbonyl (C=O) groups is 1. The molecule has 170 valence electrons. The van der Waals surface area contributed by atoms with E-state index in [1.54, 1.807) is 10.8 Å². The van der Waals surface area contributed by atoms with E-state index >= 15 is 0 Å². The van der Waals surface area contributed by atoms with Gasteiger partial charge in [0, 0.05) is 45.2 Å². The lowest BCUT2D eigenvalue weighted by Crippen LogP contribution is -2.44. The molecular weight excluding hydrogens is 418 g/mol. The number of imidazole rings is 1. The second-order valence-electron chi connectivity index (χ2n) is 8.83. The van der Waals surface area contributed by atoms with Crippen LogP contribution in [0.1, 0.15) is 19.3 Å². The zero-order valence-corrected chi connectivity index (χ0v) is 18.5. The van der Waals surface area contributed by atoms with E-state index in [0.29, 0.717) is 5.91 Å². The first-order valence-corrected chi connectivity index (χ1v) is 11.6. The summed E-state index contributed by atoms with van der Waals surface area (Å²) in [7, 11) is 0. The predicted octanol–water partition coefficient (Wildman–Crippen LogP) is 1.96. The zero-order chi connectivity index (χ0) is 22.2. The zero-order valence-electron chi connectivity index (χ0n) is 18.5. The molecular formula is C23H27N9O. The van der Waals surface area contributed by atoms with Crippen LogP contribution in [0.15, 0.2) is 42.7 Å². The molecule has 10 nitrogen and oxygen atoms in total. The molecule has 2 aliphatic rings. The van der Waals surface area contributed by atoms with Crippen LogP contribution in [0, 0.1) is 5.92 Å². The van der Waals surface area contributed by atoms with Crippen LogP contribution in [0.3, 0.4) is 0 Å². The van der Waals surface area contributed by atoms with Gasteiger partial charge in [0.15, 0.2) is 5.65 Å². The Kier molecular flexibility index (Phi) is 5.04. The molecule has 0 spiro atoms. The van der Waals surface area contributed by atoms with Gasteiger partial charge in [0.2, 0.25) is 11.9 Å². The molecule has 0 unspecified atom stereocenters. The number of rotatable bonds is 3. The van der Waals surface area contributed by atoms with Gasteiger partial charge in [-0.1, -0.05) is 12.1 Å². The molecule has 2 fully saturated rings. The number of fused-ring (bicyclic) bond motifs is 2. The lowest BCUT2D eigenvalue weighted by Gasteiger charge is -2.34. The number of H-pyrrole nitrogens is 1. The molecule has 2 aliphatic heterocycles. The van der Waals surface area contributed by atoms with Crippen LogP contribution in [-0.4, -0.2) is 79.9 Å². The SMILES string of the molecule is O=C(C1CCN(c2ccc3nncn3n2)CC1)N1CCCN(c2nc3ccccc3[nH]2)CC1. The number of amides is 1. The molecule has 4 aromatic rings. The van der Waals surface area contributed by atoms with E-state index in [9.17, 15) is 4.79 Å². The first-order chi connectivity index (χ1) is 16.2. The summed E-state index contributed by atoms with van der Waals surface area (Å²) < 4.78 is 1.69. The van der Waals surface area contributed by atoms with Crippen LogP contribution in [0.5, 0.6) is 0 Å². The molecule has 0 atom stereocenters. The number of piperidine rings is 1. The topological polar surface area (TPSA) is 98.5 Å². The molecule has 0 saturated carbocycles. The van der Waals surface area contributed by atoms with Gasteiger partial charge in [-0.15, -0.1) is 15.3 Å². The van der Waals surface area contributed by atoms with Gasteiger partial charge >= 0.3 is 0 Å². The first kappa shape index (κ1) is 20.0. The number of nitrogens with one attached hydrogen (secondary N) is 1. The molecule has 0 bridgehead atoms. The summed E-state index contributed by atoms with van der Waals surface area (Å²) in [4.78, 5) is 28.0. The number of carbonyl (C=O) groups excluding carboxylic acids is 1. The summed E-state index contributed by atoms with van der Waals surface area (Å²) in [5.74, 6) is 2.18. The van der Waals surface area contributed by atoms with Gasteiger partial charge in [0.25, 0.3) is 0 Å². The Morgan fingerprint density at radius 2 is 1.82 bits per heavy atom. The van der Waals surface area contributed by atoms with Crippen molar-refractivity contribution in [3.05, 3.63) is 42.7 Å². The predicted molar refractivity (Wildman–Crippen MR) is 125 cm³/mol. The lowest BCUT2D eigenvalue weighted by molar-refractivity contribution is -0.136. The van der Waals surface area contributed by atoms with Crippen molar-refractivity contribution in [2.45, 2.75) is 19.3 Å². The van der Waals surface area contributed by atoms with Crippen molar-refractivity contribution in [3.8, 4) is 0 Å². The maximum atomic E-state index is 13.3. The van der Waals surface area contributed by atoms with E-state index < -0.39 is 0 Å². The van der Waals surface area contributed by atoms with E-state index in [4.69, 9.17) is 4.98 Å². The Bertz CT molecular complexity index is 1240. The van der Waals surface area contributed by atoms with Gasteiger partial charge in [0.1, 0.15) is 12.1 Å². The summed E-state index contributed by atoms with van der Waals surface area (Å²) in [5, 5.41) is 12.5. The highest BCUT2D eigenvalue weighted by molar-refractivity contribution is 5.79. The van der Waals surface area contributed by atoms with E-state index in [1.807, 2.05) is 36.4 Å². The van der Waals surface area contributed by atoms with E-state index in [-0.39, 0.29) is 5.92 Å². The number of benzene rings is 1. The average molecular weight is 446 g/mol. The van der Waals surface area contributed by atoms with E-state index in [0.717, 1.165) is 87.0 Å². The van der Waals surface area contributed by atoms with Gasteiger partial charge in [-0.05, 0) is 43.5 Å². The number of hydrogen-bond donors (Lipinski definition) is 1. The molecule has 33 heavy (non-hydrogen) atoms. The van der Waals surface area contributed by atoms with Gasteiger partial charge in [0.05, 0.1) is 11.0 Å². The maximum Gasteiger partial charge on any atom is 0.225 e. The van der Waals surface area contributed by atoms with Gasteiger partial charge in [-0.2, -0.15) is 4.52 Å². The number of aromatic amines is 1. The molecule has 0 radical (unpaired) electrons. The molecule has 3 aromatic heterocycles. The Balaban J connectivity index is 1.06. The first-order valence-electron chi connectivity index (χ1n) is 11.6. The molecule has 1 amide bonds. The molecule has 0 aliphatic carbocycles. The lowest BCUT2D eigenvalue weighted by atomic mass is 9.95. The Morgan fingerprint density at radius 1 is 0.939 bits per heavy atom. The number of para-hydroxylation sites is 2. The maximum absolute atomic E-state index is 13.3. The van der Waals surface area contributed by atoms with Crippen molar-refractivity contribution in [1.82, 2.24) is 34.7 Å². The van der Waals surface area contributed by atoms with Crippen LogP contribution in [0.25, 0.3) is 16.7 Å². The van der Waals surface area contributed by atoms with Crippen LogP contribution in [0.2, 0.25) is 0 Å². The summed E-state index contributed by atoms with van der Waals surface area (Å²) in [6, 6.07) is 12.0. The fraction of sp³-hybridized carbons (Fsp3) is 0.435. The third-order valence-corrected chi connectivity index (χ3v) is 6.80. The van der Waals surface area contributed by atoms with Crippen molar-refractivity contribution in [3.63, 3.8) is 0 Å². The summed E-state index contributed by atoms with van der Waals surface area (Å²) >= 11 is 0. The fourth-order valence-electron chi connectivity index (χ4n) is 4.94.